The van der Waals surface area contributed by atoms with Gasteiger partial charge in [-0.05, 0) is 61.3 Å². The number of amides is 8. The first-order chi connectivity index (χ1) is 35.3. The molecule has 0 saturated carbocycles. The standard InChI is InChI=1S/C51H76N10O12S/c1-7-27(3)29(5)45-40(63)18-30-17-35-34-14-13-32(72-6)21-36(34)58-49(35)74-26-37(57-42(65)23-56-48(69)44(28(4)8-2)59-43(66)24-55-46(30)67)39(62)19-31(20-41(53)64)50(70)61-25-33(22-38(61)47(68)60-45)73-51(71)54-16-12-10-9-11-15-52/h13-14,21,27-31,33,37-38,44-45,58H,7-12,15-20,22-26,52H2,1-6H3,(H2,53,64)(H,54,71)(H,55,67)(H,56,69)(H,57,65)(H,59,66)(H,60,68)/t27-,28-,29-,30+,31-,33+,37-,38?,44-,45-/m0/s1. The normalized spacial score (nSPS) is 25.3. The average molecular weight is 1050 g/mol. The third kappa shape index (κ3) is 15.9. The molecule has 2 bridgehead atoms. The van der Waals surface area contributed by atoms with Gasteiger partial charge in [-0.3, -0.25) is 43.2 Å². The number of hydrogen-bond acceptors (Lipinski definition) is 14. The van der Waals surface area contributed by atoms with Crippen LogP contribution in [0.15, 0.2) is 23.2 Å². The van der Waals surface area contributed by atoms with Gasteiger partial charge in [0.05, 0.1) is 55.3 Å². The molecule has 0 aliphatic carbocycles. The minimum Gasteiger partial charge on any atom is -0.497 e. The van der Waals surface area contributed by atoms with Crippen LogP contribution >= 0.6 is 11.8 Å². The van der Waals surface area contributed by atoms with Crippen LogP contribution in [-0.2, 0) is 54.3 Å². The Labute approximate surface area is 436 Å². The Bertz CT molecular complexity index is 2380. The van der Waals surface area contributed by atoms with Gasteiger partial charge >= 0.3 is 6.09 Å². The molecule has 1 aromatic heterocycles. The van der Waals surface area contributed by atoms with E-state index in [0.29, 0.717) is 59.6 Å². The summed E-state index contributed by atoms with van der Waals surface area (Å²) in [4.78, 5) is 145. The van der Waals surface area contributed by atoms with Crippen molar-refractivity contribution in [1.29, 1.82) is 0 Å². The molecule has 4 heterocycles. The lowest BCUT2D eigenvalue weighted by atomic mass is 9.81. The topological polar surface area (TPSA) is 332 Å². The summed E-state index contributed by atoms with van der Waals surface area (Å²) in [6.45, 7) is 8.54. The van der Waals surface area contributed by atoms with Crippen molar-refractivity contribution in [3.05, 3.63) is 23.8 Å². The summed E-state index contributed by atoms with van der Waals surface area (Å²) in [6, 6.07) is 0.141. The lowest BCUT2D eigenvalue weighted by molar-refractivity contribution is -0.145. The predicted molar refractivity (Wildman–Crippen MR) is 275 cm³/mol. The Morgan fingerprint density at radius 1 is 0.838 bits per heavy atom. The number of Topliss-reactive ketones (excluding diaryl/α,β-unsaturated/α-hetero) is 2. The fraction of sp³-hybridized carbons (Fsp3) is 0.647. The quantitative estimate of drug-likeness (QED) is 0.114. The van der Waals surface area contributed by atoms with E-state index < -0.39 is 145 Å². The molecular formula is C51H76N10O12S. The van der Waals surface area contributed by atoms with Gasteiger partial charge in [0.15, 0.2) is 11.6 Å². The SMILES string of the molecule is CC[C@H](C)[C@H](C)[C@@H]1NC(=O)C2C[C@@H](OC(=O)NCCCCCCN)CN2C(=O)[C@H](CC(N)=O)CC(=O)[C@@H]2CSc3[nH]c4cc(OC)ccc4c3C[C@H](CC1=O)C(=O)NCC(=O)N[C@@H]([C@@H](C)CC)C(=O)NCC(=O)N2. The number of nitrogens with two attached hydrogens (primary N) is 2. The van der Waals surface area contributed by atoms with Crippen molar-refractivity contribution in [3.63, 3.8) is 0 Å². The van der Waals surface area contributed by atoms with Gasteiger partial charge < -0.3 is 62.7 Å². The Balaban J connectivity index is 1.66. The fourth-order valence-corrected chi connectivity index (χ4v) is 10.8. The second-order valence-electron chi connectivity index (χ2n) is 19.9. The van der Waals surface area contributed by atoms with E-state index in [1.54, 1.807) is 32.0 Å². The Kier molecular flexibility index (Phi) is 22.1. The van der Waals surface area contributed by atoms with Crippen molar-refractivity contribution < 1.29 is 57.4 Å². The number of rotatable bonds is 15. The Hall–Kier alpha value is -6.23. The molecule has 0 spiro atoms. The van der Waals surface area contributed by atoms with E-state index in [2.05, 4.69) is 36.9 Å². The van der Waals surface area contributed by atoms with Crippen LogP contribution in [-0.4, -0.2) is 145 Å². The number of benzene rings is 1. The average Bonchev–Trinajstić information content (AvgIpc) is 3.95. The van der Waals surface area contributed by atoms with Crippen LogP contribution in [0.1, 0.15) is 104 Å². The first-order valence-corrected chi connectivity index (χ1v) is 26.8. The zero-order valence-corrected chi connectivity index (χ0v) is 44.3. The van der Waals surface area contributed by atoms with Crippen LogP contribution in [0, 0.1) is 29.6 Å². The second kappa shape index (κ2) is 27.9. The highest BCUT2D eigenvalue weighted by molar-refractivity contribution is 7.99. The van der Waals surface area contributed by atoms with Crippen molar-refractivity contribution in [2.45, 2.75) is 141 Å². The summed E-state index contributed by atoms with van der Waals surface area (Å²) >= 11 is 1.12. The van der Waals surface area contributed by atoms with E-state index in [1.165, 1.54) is 7.11 Å². The maximum Gasteiger partial charge on any atom is 0.407 e. The van der Waals surface area contributed by atoms with Crippen molar-refractivity contribution in [2.75, 3.05) is 45.6 Å². The number of carbonyl (C=O) groups excluding carboxylic acids is 10. The number of aromatic nitrogens is 1. The minimum absolute atomic E-state index is 0.0878. The van der Waals surface area contributed by atoms with Crippen molar-refractivity contribution in [3.8, 4) is 5.75 Å². The molecule has 0 radical (unpaired) electrons. The highest BCUT2D eigenvalue weighted by Crippen LogP contribution is 2.36. The molecule has 22 nitrogen and oxygen atoms in total. The van der Waals surface area contributed by atoms with Crippen molar-refractivity contribution in [1.82, 2.24) is 41.8 Å². The number of thioether (sulfide) groups is 1. The molecule has 23 heteroatoms. The van der Waals surface area contributed by atoms with Gasteiger partial charge in [-0.25, -0.2) is 4.79 Å². The summed E-state index contributed by atoms with van der Waals surface area (Å²) in [5, 5.41) is 17.3. The lowest BCUT2D eigenvalue weighted by Crippen LogP contribution is -2.56. The number of carbonyl (C=O) groups is 10. The highest BCUT2D eigenvalue weighted by Gasteiger charge is 2.46. The van der Waals surface area contributed by atoms with Gasteiger partial charge in [-0.15, -0.1) is 11.8 Å². The number of aromatic amines is 1. The molecule has 1 saturated heterocycles. The van der Waals surface area contributed by atoms with E-state index in [9.17, 15) is 43.2 Å². The van der Waals surface area contributed by atoms with Crippen molar-refractivity contribution >= 4 is 81.7 Å². The number of alkyl carbamates (subject to hydrolysis) is 1. The molecule has 5 rings (SSSR count). The van der Waals surface area contributed by atoms with E-state index in [4.69, 9.17) is 20.9 Å². The van der Waals surface area contributed by atoms with Crippen LogP contribution in [0.25, 0.3) is 10.9 Å². The molecule has 3 aliphatic rings. The lowest BCUT2D eigenvalue weighted by Gasteiger charge is -2.33. The molecule has 8 amide bonds. The molecule has 1 unspecified atom stereocenters. The largest absolute Gasteiger partial charge is 0.497 e. The summed E-state index contributed by atoms with van der Waals surface area (Å²) in [7, 11) is 1.50. The van der Waals surface area contributed by atoms with E-state index in [-0.39, 0.29) is 31.1 Å². The maximum absolute atomic E-state index is 15.1. The number of nitrogens with one attached hydrogen (secondary N) is 7. The van der Waals surface area contributed by atoms with Gasteiger partial charge in [-0.2, -0.15) is 0 Å². The van der Waals surface area contributed by atoms with Crippen molar-refractivity contribution in [2.24, 2.45) is 41.1 Å². The first-order valence-electron chi connectivity index (χ1n) is 25.8. The second-order valence-corrected chi connectivity index (χ2v) is 20.9. The van der Waals surface area contributed by atoms with Gasteiger partial charge in [0.2, 0.25) is 41.4 Å². The number of ether oxygens (including phenoxy) is 2. The van der Waals surface area contributed by atoms with Gasteiger partial charge in [-0.1, -0.05) is 60.3 Å². The Morgan fingerprint density at radius 3 is 2.22 bits per heavy atom. The molecule has 3 aliphatic heterocycles. The van der Waals surface area contributed by atoms with E-state index >= 15 is 4.79 Å². The molecule has 1 fully saturated rings. The van der Waals surface area contributed by atoms with Gasteiger partial charge in [0.25, 0.3) is 0 Å². The first kappa shape index (κ1) is 58.7. The van der Waals surface area contributed by atoms with Crippen LogP contribution in [0.4, 0.5) is 4.79 Å². The zero-order chi connectivity index (χ0) is 54.2. The highest BCUT2D eigenvalue weighted by atomic mass is 32.2. The summed E-state index contributed by atoms with van der Waals surface area (Å²) in [5.41, 5.74) is 12.5. The molecule has 2 aromatic rings. The van der Waals surface area contributed by atoms with E-state index in [0.717, 1.165) is 35.9 Å². The van der Waals surface area contributed by atoms with Gasteiger partial charge in [0.1, 0.15) is 23.9 Å². The van der Waals surface area contributed by atoms with Gasteiger partial charge in [0, 0.05) is 55.4 Å². The van der Waals surface area contributed by atoms with Crippen LogP contribution < -0.4 is 48.1 Å². The predicted octanol–water partition coefficient (Wildman–Crippen LogP) is 1.49. The van der Waals surface area contributed by atoms with Crippen LogP contribution in [0.2, 0.25) is 0 Å². The maximum atomic E-state index is 15.1. The Morgan fingerprint density at radius 2 is 1.54 bits per heavy atom. The molecule has 10 atom stereocenters. The monoisotopic (exact) mass is 1050 g/mol. The number of nitrogens with zero attached hydrogens (tertiary/aromatic N) is 1. The molecule has 74 heavy (non-hydrogen) atoms. The van der Waals surface area contributed by atoms with E-state index in [1.807, 2.05) is 20.8 Å². The van der Waals surface area contributed by atoms with Crippen LogP contribution in [0.3, 0.4) is 0 Å². The third-order valence-electron chi connectivity index (χ3n) is 14.6. The number of methoxy groups -OCH3 is 1. The minimum atomic E-state index is -1.46. The molecule has 11 N–H and O–H groups in total. The van der Waals surface area contributed by atoms with Crippen LogP contribution in [0.5, 0.6) is 5.75 Å². The number of ketones is 2. The fourth-order valence-electron chi connectivity index (χ4n) is 9.62. The molecule has 408 valence electrons. The number of primary amides is 1. The summed E-state index contributed by atoms with van der Waals surface area (Å²) < 4.78 is 11.3. The third-order valence-corrected chi connectivity index (χ3v) is 15.7. The summed E-state index contributed by atoms with van der Waals surface area (Å²) in [5.74, 6) is -10.0. The number of unbranched alkanes of at least 4 members (excludes halogenated alkanes) is 3. The zero-order valence-electron chi connectivity index (χ0n) is 43.4. The summed E-state index contributed by atoms with van der Waals surface area (Å²) in [6.07, 6.45) is 0.411. The number of hydrogen-bond donors (Lipinski definition) is 9. The molecular weight excluding hydrogens is 977 g/mol. The molecule has 1 aromatic carbocycles. The number of fused-ring (bicyclic) bond motifs is 5. The number of H-pyrrole nitrogens is 1. The smallest absolute Gasteiger partial charge is 0.407 e.